The van der Waals surface area contributed by atoms with Gasteiger partial charge in [-0.1, -0.05) is 33.1 Å². The van der Waals surface area contributed by atoms with Crippen LogP contribution in [0.4, 0.5) is 0 Å². The van der Waals surface area contributed by atoms with Crippen LogP contribution in [0.15, 0.2) is 0 Å². The van der Waals surface area contributed by atoms with Crippen LogP contribution < -0.4 is 0 Å². The predicted octanol–water partition coefficient (Wildman–Crippen LogP) is 2.99. The molecule has 0 heterocycles. The summed E-state index contributed by atoms with van der Waals surface area (Å²) in [4.78, 5) is -0.715. The molecule has 0 amide bonds. The summed E-state index contributed by atoms with van der Waals surface area (Å²) in [6, 6.07) is 0. The highest BCUT2D eigenvalue weighted by molar-refractivity contribution is 7.81. The smallest absolute Gasteiger partial charge is 0.107 e. The zero-order chi connectivity index (χ0) is 8.74. The molecule has 1 unspecified atom stereocenters. The average molecular weight is 176 g/mol. The number of hydrogen-bond donors (Lipinski definition) is 2. The van der Waals surface area contributed by atoms with Crippen molar-refractivity contribution in [3.05, 3.63) is 0 Å². The molecule has 2 heteroatoms. The fourth-order valence-electron chi connectivity index (χ4n) is 1.01. The van der Waals surface area contributed by atoms with Gasteiger partial charge in [-0.05, 0) is 19.3 Å². The highest BCUT2D eigenvalue weighted by Crippen LogP contribution is 2.22. The Kier molecular flexibility index (Phi) is 6.06. The van der Waals surface area contributed by atoms with Gasteiger partial charge in [-0.25, -0.2) is 0 Å². The molecule has 0 saturated heterocycles. The maximum Gasteiger partial charge on any atom is 0.107 e. The molecule has 0 aliphatic heterocycles. The highest BCUT2D eigenvalue weighted by Gasteiger charge is 2.16. The van der Waals surface area contributed by atoms with E-state index in [1.165, 1.54) is 19.3 Å². The van der Waals surface area contributed by atoms with Gasteiger partial charge in [-0.15, -0.1) is 12.6 Å². The molecule has 0 aromatic carbocycles. The van der Waals surface area contributed by atoms with Crippen molar-refractivity contribution >= 4 is 12.6 Å². The molecule has 0 aliphatic carbocycles. The van der Waals surface area contributed by atoms with Gasteiger partial charge in [0.05, 0.1) is 0 Å². The molecule has 1 N–H and O–H groups in total. The first-order valence-corrected chi connectivity index (χ1v) is 5.02. The van der Waals surface area contributed by atoms with Crippen LogP contribution >= 0.6 is 12.6 Å². The first kappa shape index (κ1) is 11.3. The minimum absolute atomic E-state index is 0.715. The van der Waals surface area contributed by atoms with E-state index in [2.05, 4.69) is 19.6 Å². The van der Waals surface area contributed by atoms with Crippen molar-refractivity contribution < 1.29 is 5.11 Å². The largest absolute Gasteiger partial charge is 0.380 e. The second-order valence-electron chi connectivity index (χ2n) is 3.15. The highest BCUT2D eigenvalue weighted by atomic mass is 32.1. The molecule has 0 spiro atoms. The second kappa shape index (κ2) is 5.90. The van der Waals surface area contributed by atoms with Gasteiger partial charge in [-0.2, -0.15) is 0 Å². The lowest BCUT2D eigenvalue weighted by atomic mass is 10.1. The van der Waals surface area contributed by atoms with E-state index in [1.807, 2.05) is 6.92 Å². The van der Waals surface area contributed by atoms with Crippen molar-refractivity contribution in [1.29, 1.82) is 0 Å². The van der Waals surface area contributed by atoms with Crippen LogP contribution in [0.2, 0.25) is 0 Å². The molecular formula is C9H20OS. The second-order valence-corrected chi connectivity index (χ2v) is 3.98. The normalized spacial score (nSPS) is 16.4. The fourth-order valence-corrected chi connectivity index (χ4v) is 1.17. The average Bonchev–Trinajstić information content (AvgIpc) is 1.99. The van der Waals surface area contributed by atoms with Crippen LogP contribution in [0.5, 0.6) is 0 Å². The topological polar surface area (TPSA) is 20.2 Å². The maximum atomic E-state index is 9.49. The van der Waals surface area contributed by atoms with Crippen LogP contribution in [0.3, 0.4) is 0 Å². The summed E-state index contributed by atoms with van der Waals surface area (Å²) in [6.07, 6.45) is 6.40. The van der Waals surface area contributed by atoms with E-state index in [9.17, 15) is 5.11 Å². The standard InChI is InChI=1S/C9H20OS/c1-3-5-6-7-8-9(10,11)4-2/h10-11H,3-8H2,1-2H3. The predicted molar refractivity (Wildman–Crippen MR) is 53.0 cm³/mol. The van der Waals surface area contributed by atoms with Gasteiger partial charge in [0, 0.05) is 0 Å². The molecule has 11 heavy (non-hydrogen) atoms. The Morgan fingerprint density at radius 2 is 1.82 bits per heavy atom. The van der Waals surface area contributed by atoms with Gasteiger partial charge in [0.15, 0.2) is 0 Å². The Morgan fingerprint density at radius 3 is 2.27 bits per heavy atom. The molecule has 0 aliphatic rings. The van der Waals surface area contributed by atoms with Crippen molar-refractivity contribution in [3.8, 4) is 0 Å². The van der Waals surface area contributed by atoms with Gasteiger partial charge in [-0.3, -0.25) is 0 Å². The molecule has 0 fully saturated rings. The molecular weight excluding hydrogens is 156 g/mol. The van der Waals surface area contributed by atoms with Gasteiger partial charge in [0.25, 0.3) is 0 Å². The number of aliphatic hydroxyl groups is 1. The molecule has 1 nitrogen and oxygen atoms in total. The van der Waals surface area contributed by atoms with E-state index >= 15 is 0 Å². The summed E-state index contributed by atoms with van der Waals surface area (Å²) in [5.41, 5.74) is 0. The Hall–Kier alpha value is 0.310. The third-order valence-corrected chi connectivity index (χ3v) is 2.54. The minimum atomic E-state index is -0.715. The van der Waals surface area contributed by atoms with Crippen molar-refractivity contribution in [2.24, 2.45) is 0 Å². The Morgan fingerprint density at radius 1 is 1.18 bits per heavy atom. The third-order valence-electron chi connectivity index (χ3n) is 2.00. The Balaban J connectivity index is 3.23. The zero-order valence-electron chi connectivity index (χ0n) is 7.64. The lowest BCUT2D eigenvalue weighted by Gasteiger charge is -2.19. The van der Waals surface area contributed by atoms with Gasteiger partial charge in [0.1, 0.15) is 4.93 Å². The quantitative estimate of drug-likeness (QED) is 0.362. The summed E-state index contributed by atoms with van der Waals surface area (Å²) in [6.45, 7) is 4.15. The number of unbranched alkanes of at least 4 members (excludes halogenated alkanes) is 3. The lowest BCUT2D eigenvalue weighted by molar-refractivity contribution is 0.122. The minimum Gasteiger partial charge on any atom is -0.380 e. The van der Waals surface area contributed by atoms with Crippen LogP contribution in [-0.4, -0.2) is 10.0 Å². The van der Waals surface area contributed by atoms with Gasteiger partial charge >= 0.3 is 0 Å². The summed E-state index contributed by atoms with van der Waals surface area (Å²) in [5, 5.41) is 9.49. The third kappa shape index (κ3) is 6.70. The van der Waals surface area contributed by atoms with Crippen molar-refractivity contribution in [3.63, 3.8) is 0 Å². The monoisotopic (exact) mass is 176 g/mol. The zero-order valence-corrected chi connectivity index (χ0v) is 8.53. The van der Waals surface area contributed by atoms with E-state index in [0.717, 1.165) is 19.3 Å². The summed E-state index contributed by atoms with van der Waals surface area (Å²) < 4.78 is 0. The summed E-state index contributed by atoms with van der Waals surface area (Å²) >= 11 is 4.14. The molecule has 68 valence electrons. The van der Waals surface area contributed by atoms with Gasteiger partial charge < -0.3 is 5.11 Å². The fraction of sp³-hybridized carbons (Fsp3) is 1.00. The summed E-state index contributed by atoms with van der Waals surface area (Å²) in [5.74, 6) is 0. The van der Waals surface area contributed by atoms with Crippen molar-refractivity contribution in [2.75, 3.05) is 0 Å². The lowest BCUT2D eigenvalue weighted by Crippen LogP contribution is -2.18. The first-order chi connectivity index (χ1) is 5.12. The number of rotatable bonds is 6. The molecule has 0 aromatic heterocycles. The van der Waals surface area contributed by atoms with Crippen molar-refractivity contribution in [1.82, 2.24) is 0 Å². The maximum absolute atomic E-state index is 9.49. The Labute approximate surface area is 75.6 Å². The van der Waals surface area contributed by atoms with E-state index in [-0.39, 0.29) is 0 Å². The summed E-state index contributed by atoms with van der Waals surface area (Å²) in [7, 11) is 0. The molecule has 0 saturated carbocycles. The van der Waals surface area contributed by atoms with Crippen LogP contribution in [-0.2, 0) is 0 Å². The van der Waals surface area contributed by atoms with E-state index in [0.29, 0.717) is 0 Å². The van der Waals surface area contributed by atoms with Crippen LogP contribution in [0, 0.1) is 0 Å². The number of thiol groups is 1. The van der Waals surface area contributed by atoms with Crippen LogP contribution in [0.1, 0.15) is 52.4 Å². The molecule has 0 aromatic rings. The molecule has 1 atom stereocenters. The molecule has 0 bridgehead atoms. The Bertz CT molecular complexity index is 91.6. The first-order valence-electron chi connectivity index (χ1n) is 4.57. The van der Waals surface area contributed by atoms with E-state index in [4.69, 9.17) is 0 Å². The van der Waals surface area contributed by atoms with Crippen molar-refractivity contribution in [2.45, 2.75) is 57.3 Å². The SMILES string of the molecule is CCCCCCC(O)(S)CC. The van der Waals surface area contributed by atoms with E-state index in [1.54, 1.807) is 0 Å². The van der Waals surface area contributed by atoms with E-state index < -0.39 is 4.93 Å². The number of hydrogen-bond acceptors (Lipinski definition) is 2. The van der Waals surface area contributed by atoms with Gasteiger partial charge in [0.2, 0.25) is 0 Å². The van der Waals surface area contributed by atoms with Crippen LogP contribution in [0.25, 0.3) is 0 Å². The molecule has 0 radical (unpaired) electrons. The molecule has 0 rings (SSSR count).